The van der Waals surface area contributed by atoms with Crippen molar-refractivity contribution in [2.24, 2.45) is 5.10 Å². The van der Waals surface area contributed by atoms with Gasteiger partial charge in [-0.2, -0.15) is 5.10 Å². The van der Waals surface area contributed by atoms with Gasteiger partial charge in [-0.05, 0) is 47.7 Å². The fourth-order valence-corrected chi connectivity index (χ4v) is 2.17. The van der Waals surface area contributed by atoms with Gasteiger partial charge in [-0.25, -0.2) is 5.43 Å². The van der Waals surface area contributed by atoms with E-state index in [1.807, 2.05) is 37.3 Å². The Kier molecular flexibility index (Phi) is 5.80. The third-order valence-electron chi connectivity index (χ3n) is 3.67. The molecule has 0 saturated heterocycles. The zero-order valence-corrected chi connectivity index (χ0v) is 15.0. The van der Waals surface area contributed by atoms with Crippen LogP contribution in [0.5, 0.6) is 11.5 Å². The van der Waals surface area contributed by atoms with Crippen LogP contribution in [0.3, 0.4) is 0 Å². The number of ether oxygens (including phenoxy) is 1. The van der Waals surface area contributed by atoms with Crippen LogP contribution >= 0.6 is 0 Å². The van der Waals surface area contributed by atoms with Gasteiger partial charge in [0.25, 0.3) is 5.91 Å². The maximum Gasteiger partial charge on any atom is 0.277 e. The summed E-state index contributed by atoms with van der Waals surface area (Å²) in [6.07, 6.45) is 1.39. The lowest BCUT2D eigenvalue weighted by atomic mass is 9.87. The monoisotopic (exact) mass is 340 g/mol. The van der Waals surface area contributed by atoms with Crippen LogP contribution in [0.2, 0.25) is 0 Å². The van der Waals surface area contributed by atoms with Gasteiger partial charge in [0.05, 0.1) is 6.21 Å². The van der Waals surface area contributed by atoms with E-state index in [2.05, 4.69) is 31.3 Å². The number of nitrogens with one attached hydrogen (secondary N) is 1. The summed E-state index contributed by atoms with van der Waals surface area (Å²) in [6.45, 7) is 8.17. The first-order valence-electron chi connectivity index (χ1n) is 8.10. The summed E-state index contributed by atoms with van der Waals surface area (Å²) in [4.78, 5) is 11.8. The minimum Gasteiger partial charge on any atom is -0.507 e. The maximum absolute atomic E-state index is 11.8. The van der Waals surface area contributed by atoms with Gasteiger partial charge >= 0.3 is 0 Å². The molecule has 2 aromatic carbocycles. The van der Waals surface area contributed by atoms with Gasteiger partial charge in [0, 0.05) is 5.56 Å². The molecule has 0 aliphatic carbocycles. The first-order chi connectivity index (χ1) is 11.8. The molecular formula is C20H24N2O3. The molecule has 5 nitrogen and oxygen atoms in total. The normalized spacial score (nSPS) is 11.5. The van der Waals surface area contributed by atoms with E-state index in [1.165, 1.54) is 11.8 Å². The third kappa shape index (κ3) is 5.64. The van der Waals surface area contributed by atoms with Crippen molar-refractivity contribution < 1.29 is 14.6 Å². The molecule has 132 valence electrons. The first kappa shape index (κ1) is 18.5. The van der Waals surface area contributed by atoms with Crippen molar-refractivity contribution in [1.82, 2.24) is 5.43 Å². The van der Waals surface area contributed by atoms with Crippen molar-refractivity contribution in [3.63, 3.8) is 0 Å². The zero-order valence-electron chi connectivity index (χ0n) is 15.0. The van der Waals surface area contributed by atoms with Crippen LogP contribution in [-0.2, 0) is 10.2 Å². The average molecular weight is 340 g/mol. The molecule has 0 bridgehead atoms. The lowest BCUT2D eigenvalue weighted by Crippen LogP contribution is -2.24. The molecule has 0 spiro atoms. The summed E-state index contributed by atoms with van der Waals surface area (Å²) in [5.41, 5.74) is 5.13. The summed E-state index contributed by atoms with van der Waals surface area (Å²) in [6, 6.07) is 12.9. The molecule has 25 heavy (non-hydrogen) atoms. The highest BCUT2D eigenvalue weighted by Gasteiger charge is 2.13. The number of carbonyl (C=O) groups is 1. The molecule has 0 radical (unpaired) electrons. The van der Waals surface area contributed by atoms with Crippen molar-refractivity contribution in [2.75, 3.05) is 6.61 Å². The molecule has 0 heterocycles. The van der Waals surface area contributed by atoms with Gasteiger partial charge in [0.2, 0.25) is 0 Å². The Morgan fingerprint density at radius 2 is 1.88 bits per heavy atom. The summed E-state index contributed by atoms with van der Waals surface area (Å²) in [5, 5.41) is 13.6. The fraction of sp³-hybridized carbons (Fsp3) is 0.300. The summed E-state index contributed by atoms with van der Waals surface area (Å²) in [7, 11) is 0. The lowest BCUT2D eigenvalue weighted by molar-refractivity contribution is -0.123. The standard InChI is InChI=1S/C20H24N2O3/c1-14-5-6-15(18(23)11-14)12-21-22-19(24)13-25-17-9-7-16(8-10-17)20(2,3)4/h5-12,23H,13H2,1-4H3,(H,22,24). The second kappa shape index (κ2) is 7.83. The number of nitrogens with zero attached hydrogens (tertiary/aromatic N) is 1. The van der Waals surface area contributed by atoms with Crippen LogP contribution in [0.25, 0.3) is 0 Å². The van der Waals surface area contributed by atoms with E-state index in [9.17, 15) is 9.90 Å². The van der Waals surface area contributed by atoms with E-state index in [-0.39, 0.29) is 23.7 Å². The summed E-state index contributed by atoms with van der Waals surface area (Å²) in [5.74, 6) is 0.374. The quantitative estimate of drug-likeness (QED) is 0.646. The summed E-state index contributed by atoms with van der Waals surface area (Å²) >= 11 is 0. The Hall–Kier alpha value is -2.82. The minimum atomic E-state index is -0.372. The molecule has 0 fully saturated rings. The molecule has 0 aliphatic heterocycles. The molecule has 2 N–H and O–H groups in total. The van der Waals surface area contributed by atoms with E-state index in [0.717, 1.165) is 5.56 Å². The lowest BCUT2D eigenvalue weighted by Gasteiger charge is -2.19. The van der Waals surface area contributed by atoms with Crippen molar-refractivity contribution in [3.05, 3.63) is 59.2 Å². The highest BCUT2D eigenvalue weighted by molar-refractivity contribution is 5.85. The second-order valence-corrected chi connectivity index (χ2v) is 6.92. The molecule has 1 amide bonds. The summed E-state index contributed by atoms with van der Waals surface area (Å²) < 4.78 is 5.44. The Bertz CT molecular complexity index is 760. The fourth-order valence-electron chi connectivity index (χ4n) is 2.17. The number of hydrazone groups is 1. The number of phenols is 1. The van der Waals surface area contributed by atoms with E-state index in [1.54, 1.807) is 12.1 Å². The van der Waals surface area contributed by atoms with Crippen LogP contribution in [0.15, 0.2) is 47.6 Å². The smallest absolute Gasteiger partial charge is 0.277 e. The first-order valence-corrected chi connectivity index (χ1v) is 8.10. The molecule has 0 atom stereocenters. The molecule has 2 rings (SSSR count). The Balaban J connectivity index is 1.83. The molecule has 0 aromatic heterocycles. The predicted octanol–water partition coefficient (Wildman–Crippen LogP) is 3.53. The number of aromatic hydroxyl groups is 1. The highest BCUT2D eigenvalue weighted by Crippen LogP contribution is 2.24. The zero-order chi connectivity index (χ0) is 18.4. The number of amides is 1. The topological polar surface area (TPSA) is 70.9 Å². The van der Waals surface area contributed by atoms with Gasteiger partial charge in [-0.1, -0.05) is 39.0 Å². The molecule has 0 saturated carbocycles. The molecule has 2 aromatic rings. The number of carbonyl (C=O) groups excluding carboxylic acids is 1. The van der Waals surface area contributed by atoms with Gasteiger partial charge in [-0.3, -0.25) is 4.79 Å². The Morgan fingerprint density at radius 3 is 2.48 bits per heavy atom. The molecular weight excluding hydrogens is 316 g/mol. The van der Waals surface area contributed by atoms with Crippen molar-refractivity contribution in [2.45, 2.75) is 33.1 Å². The number of hydrogen-bond acceptors (Lipinski definition) is 4. The van der Waals surface area contributed by atoms with Gasteiger partial charge in [-0.15, -0.1) is 0 Å². The van der Waals surface area contributed by atoms with Crippen molar-refractivity contribution in [3.8, 4) is 11.5 Å². The Morgan fingerprint density at radius 1 is 1.20 bits per heavy atom. The number of aryl methyl sites for hydroxylation is 1. The number of rotatable bonds is 5. The van der Waals surface area contributed by atoms with Gasteiger partial charge in [0.1, 0.15) is 11.5 Å². The number of phenolic OH excluding ortho intramolecular Hbond substituents is 1. The van der Waals surface area contributed by atoms with E-state index < -0.39 is 0 Å². The van der Waals surface area contributed by atoms with Crippen LogP contribution in [0.4, 0.5) is 0 Å². The molecule has 0 aliphatic rings. The third-order valence-corrected chi connectivity index (χ3v) is 3.67. The van der Waals surface area contributed by atoms with Crippen molar-refractivity contribution in [1.29, 1.82) is 0 Å². The van der Waals surface area contributed by atoms with E-state index in [4.69, 9.17) is 4.74 Å². The van der Waals surface area contributed by atoms with E-state index in [0.29, 0.717) is 11.3 Å². The highest BCUT2D eigenvalue weighted by atomic mass is 16.5. The molecule has 0 unspecified atom stereocenters. The number of hydrogen-bond donors (Lipinski definition) is 2. The maximum atomic E-state index is 11.8. The number of benzene rings is 2. The average Bonchev–Trinajstić information content (AvgIpc) is 2.54. The predicted molar refractivity (Wildman–Crippen MR) is 99.2 cm³/mol. The van der Waals surface area contributed by atoms with Crippen LogP contribution in [0.1, 0.15) is 37.5 Å². The second-order valence-electron chi connectivity index (χ2n) is 6.92. The largest absolute Gasteiger partial charge is 0.507 e. The van der Waals surface area contributed by atoms with Crippen LogP contribution < -0.4 is 10.2 Å². The SMILES string of the molecule is Cc1ccc(C=NNC(=O)COc2ccc(C(C)(C)C)cc2)c(O)c1. The van der Waals surface area contributed by atoms with Crippen LogP contribution in [-0.4, -0.2) is 23.8 Å². The molecule has 5 heteroatoms. The van der Waals surface area contributed by atoms with Crippen LogP contribution in [0, 0.1) is 6.92 Å². The van der Waals surface area contributed by atoms with Gasteiger partial charge < -0.3 is 9.84 Å². The Labute approximate surface area is 148 Å². The van der Waals surface area contributed by atoms with Gasteiger partial charge in [0.15, 0.2) is 6.61 Å². The minimum absolute atomic E-state index is 0.0756. The van der Waals surface area contributed by atoms with E-state index >= 15 is 0 Å². The van der Waals surface area contributed by atoms with Crippen molar-refractivity contribution >= 4 is 12.1 Å².